The van der Waals surface area contributed by atoms with Crippen molar-refractivity contribution in [2.45, 2.75) is 19.8 Å². The number of para-hydroxylation sites is 1. The predicted molar refractivity (Wildman–Crippen MR) is 89.4 cm³/mol. The molecule has 1 aromatic carbocycles. The molecule has 2 N–H and O–H groups in total. The van der Waals surface area contributed by atoms with Gasteiger partial charge >= 0.3 is 0 Å². The number of pyridine rings is 1. The highest BCUT2D eigenvalue weighted by Crippen LogP contribution is 2.35. The molecule has 0 radical (unpaired) electrons. The van der Waals surface area contributed by atoms with Gasteiger partial charge in [-0.25, -0.2) is 4.98 Å². The maximum absolute atomic E-state index is 5.95. The van der Waals surface area contributed by atoms with E-state index in [9.17, 15) is 0 Å². The summed E-state index contributed by atoms with van der Waals surface area (Å²) in [6, 6.07) is 14.1. The highest BCUT2D eigenvalue weighted by molar-refractivity contribution is 5.73. The molecule has 0 amide bonds. The van der Waals surface area contributed by atoms with Crippen molar-refractivity contribution in [3.63, 3.8) is 0 Å². The van der Waals surface area contributed by atoms with Crippen molar-refractivity contribution in [2.75, 3.05) is 13.7 Å². The lowest BCUT2D eigenvalue weighted by atomic mass is 10.0. The minimum absolute atomic E-state index is 0.205. The molecule has 0 aliphatic rings. The van der Waals surface area contributed by atoms with Crippen LogP contribution in [-0.4, -0.2) is 23.0 Å². The van der Waals surface area contributed by atoms with Crippen molar-refractivity contribution in [3.05, 3.63) is 53.9 Å². The molecule has 114 valence electrons. The van der Waals surface area contributed by atoms with Gasteiger partial charge in [0.1, 0.15) is 11.4 Å². The molecule has 4 nitrogen and oxygen atoms in total. The Morgan fingerprint density at radius 3 is 2.68 bits per heavy atom. The van der Waals surface area contributed by atoms with Crippen LogP contribution in [0.2, 0.25) is 0 Å². The van der Waals surface area contributed by atoms with Gasteiger partial charge in [0.15, 0.2) is 0 Å². The Labute approximate surface area is 130 Å². The molecule has 0 spiro atoms. The van der Waals surface area contributed by atoms with Crippen molar-refractivity contribution in [1.29, 1.82) is 0 Å². The third-order valence-corrected chi connectivity index (χ3v) is 4.06. The number of methoxy groups -OCH3 is 1. The van der Waals surface area contributed by atoms with Crippen LogP contribution < -0.4 is 10.5 Å². The molecule has 2 aromatic heterocycles. The highest BCUT2D eigenvalue weighted by atomic mass is 16.5. The zero-order valence-electron chi connectivity index (χ0n) is 13.2. The van der Waals surface area contributed by atoms with Crippen LogP contribution >= 0.6 is 0 Å². The first-order valence-corrected chi connectivity index (χ1v) is 7.48. The smallest absolute Gasteiger partial charge is 0.137 e. The number of nitrogens with two attached hydrogens (primary N) is 1. The molecule has 4 heteroatoms. The van der Waals surface area contributed by atoms with E-state index in [0.717, 1.165) is 34.0 Å². The van der Waals surface area contributed by atoms with E-state index in [4.69, 9.17) is 15.5 Å². The van der Waals surface area contributed by atoms with Gasteiger partial charge in [-0.2, -0.15) is 0 Å². The average Bonchev–Trinajstić information content (AvgIpc) is 2.94. The van der Waals surface area contributed by atoms with Crippen molar-refractivity contribution in [1.82, 2.24) is 9.38 Å². The van der Waals surface area contributed by atoms with Gasteiger partial charge in [-0.15, -0.1) is 0 Å². The molecule has 0 aliphatic heterocycles. The molecule has 3 aromatic rings. The zero-order chi connectivity index (χ0) is 15.7. The van der Waals surface area contributed by atoms with Crippen molar-refractivity contribution in [3.8, 4) is 17.0 Å². The number of imidazole rings is 1. The minimum Gasteiger partial charge on any atom is -0.496 e. The fraction of sp³-hybridized carbons (Fsp3) is 0.278. The SMILES string of the molecule is COc1ccccc1-c1nc2cccc(C)n2c1C(C)CN. The third-order valence-electron chi connectivity index (χ3n) is 4.06. The Bertz CT molecular complexity index is 807. The van der Waals surface area contributed by atoms with Crippen molar-refractivity contribution in [2.24, 2.45) is 5.73 Å². The van der Waals surface area contributed by atoms with Gasteiger partial charge in [-0.3, -0.25) is 0 Å². The second-order valence-electron chi connectivity index (χ2n) is 5.54. The molecular formula is C18H21N3O. The van der Waals surface area contributed by atoms with E-state index in [1.54, 1.807) is 7.11 Å². The second-order valence-corrected chi connectivity index (χ2v) is 5.54. The Morgan fingerprint density at radius 1 is 1.18 bits per heavy atom. The molecule has 0 bridgehead atoms. The van der Waals surface area contributed by atoms with E-state index in [2.05, 4.69) is 24.3 Å². The van der Waals surface area contributed by atoms with Crippen LogP contribution in [0.3, 0.4) is 0 Å². The standard InChI is InChI=1S/C18H21N3O/c1-12(11-19)18-17(14-8-4-5-9-15(14)22-3)20-16-10-6-7-13(2)21(16)18/h4-10,12H,11,19H2,1-3H3. The summed E-state index contributed by atoms with van der Waals surface area (Å²) in [5, 5.41) is 0. The summed E-state index contributed by atoms with van der Waals surface area (Å²) < 4.78 is 7.71. The van der Waals surface area contributed by atoms with Crippen LogP contribution in [0, 0.1) is 6.92 Å². The van der Waals surface area contributed by atoms with E-state index < -0.39 is 0 Å². The highest BCUT2D eigenvalue weighted by Gasteiger charge is 2.21. The molecule has 3 rings (SSSR count). The van der Waals surface area contributed by atoms with E-state index in [1.165, 1.54) is 0 Å². The first-order chi connectivity index (χ1) is 10.7. The predicted octanol–water partition coefficient (Wildman–Crippen LogP) is 3.38. The molecule has 0 saturated heterocycles. The largest absolute Gasteiger partial charge is 0.496 e. The van der Waals surface area contributed by atoms with Gasteiger partial charge in [0, 0.05) is 23.7 Å². The van der Waals surface area contributed by atoms with Crippen LogP contribution in [0.15, 0.2) is 42.5 Å². The maximum atomic E-state index is 5.95. The van der Waals surface area contributed by atoms with Gasteiger partial charge in [0.2, 0.25) is 0 Å². The molecule has 22 heavy (non-hydrogen) atoms. The van der Waals surface area contributed by atoms with E-state index in [1.807, 2.05) is 36.4 Å². The van der Waals surface area contributed by atoms with Gasteiger partial charge in [0.05, 0.1) is 18.5 Å². The molecule has 1 atom stereocenters. The Morgan fingerprint density at radius 2 is 1.95 bits per heavy atom. The summed E-state index contributed by atoms with van der Waals surface area (Å²) in [6.07, 6.45) is 0. The number of aryl methyl sites for hydroxylation is 1. The summed E-state index contributed by atoms with van der Waals surface area (Å²) >= 11 is 0. The van der Waals surface area contributed by atoms with Crippen molar-refractivity contribution < 1.29 is 4.74 Å². The Hall–Kier alpha value is -2.33. The summed E-state index contributed by atoms with van der Waals surface area (Å²) in [5.41, 5.74) is 11.1. The summed E-state index contributed by atoms with van der Waals surface area (Å²) in [4.78, 5) is 4.85. The van der Waals surface area contributed by atoms with Crippen LogP contribution in [-0.2, 0) is 0 Å². The van der Waals surface area contributed by atoms with Crippen molar-refractivity contribution >= 4 is 5.65 Å². The third kappa shape index (κ3) is 2.25. The Kier molecular flexibility index (Phi) is 3.86. The fourth-order valence-corrected chi connectivity index (χ4v) is 2.89. The first-order valence-electron chi connectivity index (χ1n) is 7.48. The number of fused-ring (bicyclic) bond motifs is 1. The molecular weight excluding hydrogens is 274 g/mol. The number of aromatic nitrogens is 2. The Balaban J connectivity index is 2.36. The van der Waals surface area contributed by atoms with Crippen LogP contribution in [0.25, 0.3) is 16.9 Å². The fourth-order valence-electron chi connectivity index (χ4n) is 2.89. The average molecular weight is 295 g/mol. The normalized spacial score (nSPS) is 12.5. The lowest BCUT2D eigenvalue weighted by Gasteiger charge is -2.14. The second kappa shape index (κ2) is 5.81. The number of hydrogen-bond donors (Lipinski definition) is 1. The number of benzene rings is 1. The molecule has 0 aliphatic carbocycles. The van der Waals surface area contributed by atoms with E-state index in [0.29, 0.717) is 6.54 Å². The number of ether oxygens (including phenoxy) is 1. The monoisotopic (exact) mass is 295 g/mol. The molecule has 2 heterocycles. The van der Waals surface area contributed by atoms with Crippen LogP contribution in [0.1, 0.15) is 24.2 Å². The zero-order valence-corrected chi connectivity index (χ0v) is 13.2. The summed E-state index contributed by atoms with van der Waals surface area (Å²) in [6.45, 7) is 4.80. The number of rotatable bonds is 4. The maximum Gasteiger partial charge on any atom is 0.137 e. The topological polar surface area (TPSA) is 52.5 Å². The number of hydrogen-bond acceptors (Lipinski definition) is 3. The summed E-state index contributed by atoms with van der Waals surface area (Å²) in [7, 11) is 1.69. The van der Waals surface area contributed by atoms with Gasteiger partial charge in [-0.1, -0.05) is 25.1 Å². The van der Waals surface area contributed by atoms with Crippen LogP contribution in [0.4, 0.5) is 0 Å². The van der Waals surface area contributed by atoms with E-state index >= 15 is 0 Å². The molecule has 1 unspecified atom stereocenters. The van der Waals surface area contributed by atoms with Gasteiger partial charge in [0.25, 0.3) is 0 Å². The molecule has 0 saturated carbocycles. The van der Waals surface area contributed by atoms with E-state index in [-0.39, 0.29) is 5.92 Å². The van der Waals surface area contributed by atoms with Gasteiger partial charge in [-0.05, 0) is 31.2 Å². The summed E-state index contributed by atoms with van der Waals surface area (Å²) in [5.74, 6) is 1.03. The number of nitrogens with zero attached hydrogens (tertiary/aromatic N) is 2. The van der Waals surface area contributed by atoms with Crippen LogP contribution in [0.5, 0.6) is 5.75 Å². The molecule has 0 fully saturated rings. The minimum atomic E-state index is 0.205. The first kappa shape index (κ1) is 14.6. The van der Waals surface area contributed by atoms with Gasteiger partial charge < -0.3 is 14.9 Å². The lowest BCUT2D eigenvalue weighted by Crippen LogP contribution is -2.13. The quantitative estimate of drug-likeness (QED) is 0.802. The lowest BCUT2D eigenvalue weighted by molar-refractivity contribution is 0.416.